The maximum atomic E-state index is 8.12. The number of benzene rings is 3. The van der Waals surface area contributed by atoms with Gasteiger partial charge in [0.15, 0.2) is 5.96 Å². The number of hydrogen-bond acceptors (Lipinski definition) is 5. The predicted octanol–water partition coefficient (Wildman–Crippen LogP) is 4.73. The van der Waals surface area contributed by atoms with Crippen molar-refractivity contribution >= 4 is 11.9 Å². The molecule has 0 radical (unpaired) electrons. The molecule has 0 aliphatic carbocycles. The van der Waals surface area contributed by atoms with E-state index < -0.39 is 0 Å². The van der Waals surface area contributed by atoms with E-state index in [4.69, 9.17) is 25.6 Å². The van der Waals surface area contributed by atoms with Crippen molar-refractivity contribution in [1.29, 1.82) is 5.41 Å². The highest BCUT2D eigenvalue weighted by Crippen LogP contribution is 2.33. The van der Waals surface area contributed by atoms with Gasteiger partial charge in [0, 0.05) is 17.3 Å². The lowest BCUT2D eigenvalue weighted by molar-refractivity contribution is 0.414. The van der Waals surface area contributed by atoms with Crippen LogP contribution in [0.15, 0.2) is 85.1 Å². The van der Waals surface area contributed by atoms with Crippen LogP contribution in [-0.4, -0.2) is 30.1 Å². The molecule has 0 fully saturated rings. The molecule has 0 aliphatic heterocycles. The molecule has 3 aromatic carbocycles. The molecule has 1 heterocycles. The van der Waals surface area contributed by atoms with Crippen LogP contribution in [-0.2, 0) is 6.54 Å². The maximum absolute atomic E-state index is 8.12. The van der Waals surface area contributed by atoms with Gasteiger partial charge in [0.1, 0.15) is 11.5 Å². The van der Waals surface area contributed by atoms with Gasteiger partial charge in [-0.3, -0.25) is 10.3 Å². The summed E-state index contributed by atoms with van der Waals surface area (Å²) < 4.78 is 10.6. The van der Waals surface area contributed by atoms with Gasteiger partial charge in [-0.05, 0) is 47.5 Å². The fraction of sp³-hybridized carbons (Fsp3) is 0.115. The molecular weight excluding hydrogens is 414 g/mol. The number of aromatic nitrogens is 2. The van der Waals surface area contributed by atoms with E-state index in [0.717, 1.165) is 39.4 Å². The molecule has 0 unspecified atom stereocenters. The van der Waals surface area contributed by atoms with Crippen LogP contribution in [0.3, 0.4) is 0 Å². The zero-order valence-electron chi connectivity index (χ0n) is 18.5. The zero-order chi connectivity index (χ0) is 23.2. The summed E-state index contributed by atoms with van der Waals surface area (Å²) in [7, 11) is 3.27. The fourth-order valence-electron chi connectivity index (χ4n) is 3.48. The summed E-state index contributed by atoms with van der Waals surface area (Å²) >= 11 is 0. The van der Waals surface area contributed by atoms with Crippen molar-refractivity contribution in [3.05, 3.63) is 90.6 Å². The monoisotopic (exact) mass is 439 g/mol. The summed E-state index contributed by atoms with van der Waals surface area (Å²) in [6.07, 6.45) is 1.77. The minimum atomic E-state index is -0.128. The number of hydrogen-bond donors (Lipinski definition) is 2. The Morgan fingerprint density at radius 2 is 1.42 bits per heavy atom. The zero-order valence-corrected chi connectivity index (χ0v) is 18.5. The van der Waals surface area contributed by atoms with Gasteiger partial charge in [-0.15, -0.1) is 0 Å². The van der Waals surface area contributed by atoms with E-state index >= 15 is 0 Å². The second kappa shape index (κ2) is 9.82. The third-order valence-corrected chi connectivity index (χ3v) is 5.26. The molecule has 166 valence electrons. The SMILES string of the molecule is COc1ccc(-c2cnc(N(Cc3ccccc3)C(=N)N)nc2-c2ccc(OC)cc2)cc1. The first kappa shape index (κ1) is 21.8. The van der Waals surface area contributed by atoms with Crippen molar-refractivity contribution < 1.29 is 9.47 Å². The molecule has 0 bridgehead atoms. The molecule has 0 atom stereocenters. The Morgan fingerprint density at radius 3 is 1.97 bits per heavy atom. The molecule has 0 amide bonds. The first-order valence-corrected chi connectivity index (χ1v) is 10.4. The van der Waals surface area contributed by atoms with Crippen LogP contribution in [0.25, 0.3) is 22.4 Å². The quantitative estimate of drug-likeness (QED) is 0.319. The Balaban J connectivity index is 1.81. The van der Waals surface area contributed by atoms with Gasteiger partial charge in [-0.1, -0.05) is 42.5 Å². The van der Waals surface area contributed by atoms with Crippen molar-refractivity contribution in [2.24, 2.45) is 5.73 Å². The van der Waals surface area contributed by atoms with Crippen LogP contribution in [0.4, 0.5) is 5.95 Å². The second-order valence-electron chi connectivity index (χ2n) is 7.35. The Hall–Kier alpha value is -4.39. The van der Waals surface area contributed by atoms with Gasteiger partial charge in [-0.2, -0.15) is 0 Å². The molecule has 0 aliphatic rings. The Labute approximate surface area is 193 Å². The standard InChI is InChI=1S/C26H25N5O2/c1-32-21-12-8-19(9-13-21)23-16-29-26(30-24(23)20-10-14-22(33-2)15-11-20)31(25(27)28)17-18-6-4-3-5-7-18/h3-16H,17H2,1-2H3,(H3,27,28). The molecule has 4 rings (SSSR count). The lowest BCUT2D eigenvalue weighted by Gasteiger charge is -2.22. The van der Waals surface area contributed by atoms with Crippen LogP contribution in [0, 0.1) is 5.41 Å². The minimum absolute atomic E-state index is 0.128. The van der Waals surface area contributed by atoms with Crippen LogP contribution in [0.2, 0.25) is 0 Å². The highest BCUT2D eigenvalue weighted by Gasteiger charge is 2.18. The third kappa shape index (κ3) is 4.93. The molecule has 4 aromatic rings. The molecule has 1 aromatic heterocycles. The van der Waals surface area contributed by atoms with Crippen LogP contribution in [0.1, 0.15) is 5.56 Å². The van der Waals surface area contributed by atoms with E-state index in [1.807, 2.05) is 78.9 Å². The number of methoxy groups -OCH3 is 2. The lowest BCUT2D eigenvalue weighted by atomic mass is 10.0. The van der Waals surface area contributed by atoms with Crippen molar-refractivity contribution in [3.63, 3.8) is 0 Å². The topological polar surface area (TPSA) is 97.4 Å². The van der Waals surface area contributed by atoms with E-state index in [-0.39, 0.29) is 5.96 Å². The molecule has 0 saturated carbocycles. The number of rotatable bonds is 7. The number of anilines is 1. The number of ether oxygens (including phenoxy) is 2. The summed E-state index contributed by atoms with van der Waals surface area (Å²) in [5.41, 5.74) is 10.4. The van der Waals surface area contributed by atoms with E-state index in [1.165, 1.54) is 0 Å². The minimum Gasteiger partial charge on any atom is -0.497 e. The van der Waals surface area contributed by atoms with Crippen LogP contribution >= 0.6 is 0 Å². The first-order chi connectivity index (χ1) is 16.1. The third-order valence-electron chi connectivity index (χ3n) is 5.26. The number of nitrogens with two attached hydrogens (primary N) is 1. The number of nitrogens with one attached hydrogen (secondary N) is 1. The van der Waals surface area contributed by atoms with E-state index in [0.29, 0.717) is 12.5 Å². The van der Waals surface area contributed by atoms with Crippen molar-refractivity contribution in [2.75, 3.05) is 19.1 Å². The van der Waals surface area contributed by atoms with Crippen LogP contribution < -0.4 is 20.1 Å². The second-order valence-corrected chi connectivity index (χ2v) is 7.35. The van der Waals surface area contributed by atoms with Gasteiger partial charge in [0.2, 0.25) is 5.95 Å². The summed E-state index contributed by atoms with van der Waals surface area (Å²) in [5, 5.41) is 8.12. The summed E-state index contributed by atoms with van der Waals surface area (Å²) in [6.45, 7) is 0.389. The van der Waals surface area contributed by atoms with Crippen molar-refractivity contribution in [1.82, 2.24) is 9.97 Å². The van der Waals surface area contributed by atoms with Gasteiger partial charge in [0.25, 0.3) is 0 Å². The number of guanidine groups is 1. The Kier molecular flexibility index (Phi) is 6.50. The average Bonchev–Trinajstić information content (AvgIpc) is 2.87. The van der Waals surface area contributed by atoms with Crippen molar-refractivity contribution in [3.8, 4) is 33.9 Å². The Bertz CT molecular complexity index is 1230. The predicted molar refractivity (Wildman–Crippen MR) is 131 cm³/mol. The molecule has 0 saturated heterocycles. The molecule has 7 nitrogen and oxygen atoms in total. The number of nitrogens with zero attached hydrogens (tertiary/aromatic N) is 3. The highest BCUT2D eigenvalue weighted by molar-refractivity contribution is 5.91. The highest BCUT2D eigenvalue weighted by atomic mass is 16.5. The summed E-state index contributed by atoms with van der Waals surface area (Å²) in [4.78, 5) is 11.0. The van der Waals surface area contributed by atoms with Gasteiger partial charge < -0.3 is 15.2 Å². The summed E-state index contributed by atoms with van der Waals surface area (Å²) in [5.74, 6) is 1.76. The van der Waals surface area contributed by atoms with Crippen LogP contribution in [0.5, 0.6) is 11.5 Å². The molecular formula is C26H25N5O2. The lowest BCUT2D eigenvalue weighted by Crippen LogP contribution is -2.37. The Morgan fingerprint density at radius 1 is 0.848 bits per heavy atom. The summed E-state index contributed by atoms with van der Waals surface area (Å²) in [6, 6.07) is 25.2. The molecule has 33 heavy (non-hydrogen) atoms. The van der Waals surface area contributed by atoms with Gasteiger partial charge in [-0.25, -0.2) is 9.97 Å². The molecule has 7 heteroatoms. The molecule has 0 spiro atoms. The largest absolute Gasteiger partial charge is 0.497 e. The first-order valence-electron chi connectivity index (χ1n) is 10.4. The van der Waals surface area contributed by atoms with E-state index in [9.17, 15) is 0 Å². The van der Waals surface area contributed by atoms with E-state index in [2.05, 4.69) is 4.98 Å². The molecule has 3 N–H and O–H groups in total. The maximum Gasteiger partial charge on any atom is 0.233 e. The fourth-order valence-corrected chi connectivity index (χ4v) is 3.48. The smallest absolute Gasteiger partial charge is 0.233 e. The average molecular weight is 440 g/mol. The van der Waals surface area contributed by atoms with E-state index in [1.54, 1.807) is 25.3 Å². The van der Waals surface area contributed by atoms with Crippen molar-refractivity contribution in [2.45, 2.75) is 6.54 Å². The normalized spacial score (nSPS) is 10.5. The van der Waals surface area contributed by atoms with Gasteiger partial charge >= 0.3 is 0 Å². The van der Waals surface area contributed by atoms with Gasteiger partial charge in [0.05, 0.1) is 26.5 Å².